The number of nitrogens with zero attached hydrogens (tertiary/aromatic N) is 1. The number of hydrogen-bond acceptors (Lipinski definition) is 3. The molecule has 0 spiro atoms. The third-order valence-corrected chi connectivity index (χ3v) is 3.87. The molecule has 1 rings (SSSR count). The third kappa shape index (κ3) is 4.37. The summed E-state index contributed by atoms with van der Waals surface area (Å²) in [5, 5.41) is 0. The minimum absolute atomic E-state index is 0.518. The summed E-state index contributed by atoms with van der Waals surface area (Å²) >= 11 is 0. The van der Waals surface area contributed by atoms with E-state index < -0.39 is 15.8 Å². The molecule has 96 valence electrons. The van der Waals surface area contributed by atoms with Gasteiger partial charge >= 0.3 is 10.2 Å². The van der Waals surface area contributed by atoms with Crippen molar-refractivity contribution in [1.29, 1.82) is 0 Å². The van der Waals surface area contributed by atoms with Crippen molar-refractivity contribution in [1.82, 2.24) is 9.19 Å². The van der Waals surface area contributed by atoms with Crippen LogP contribution < -0.4 is 4.89 Å². The van der Waals surface area contributed by atoms with Gasteiger partial charge in [-0.2, -0.15) is 12.7 Å². The average Bonchev–Trinajstić information content (AvgIpc) is 2.15. The van der Waals surface area contributed by atoms with E-state index in [2.05, 4.69) is 11.8 Å². The van der Waals surface area contributed by atoms with Crippen LogP contribution in [0.25, 0.3) is 0 Å². The van der Waals surface area contributed by atoms with Crippen LogP contribution in [0.1, 0.15) is 40.5 Å². The molecule has 0 saturated carbocycles. The molecule has 1 aliphatic rings. The van der Waals surface area contributed by atoms with E-state index in [-0.39, 0.29) is 0 Å². The first-order chi connectivity index (χ1) is 7.21. The predicted octanol–water partition coefficient (Wildman–Crippen LogP) is 1.28. The Morgan fingerprint density at radius 1 is 1.25 bits per heavy atom. The van der Waals surface area contributed by atoms with Gasteiger partial charge in [-0.3, -0.25) is 4.84 Å². The van der Waals surface area contributed by atoms with E-state index in [9.17, 15) is 8.42 Å². The lowest BCUT2D eigenvalue weighted by atomic mass is 10.0. The van der Waals surface area contributed by atoms with E-state index in [1.807, 2.05) is 0 Å². The highest BCUT2D eigenvalue weighted by Gasteiger charge is 2.27. The van der Waals surface area contributed by atoms with Crippen molar-refractivity contribution in [2.24, 2.45) is 5.92 Å². The van der Waals surface area contributed by atoms with Crippen molar-refractivity contribution < 1.29 is 13.3 Å². The van der Waals surface area contributed by atoms with E-state index in [4.69, 9.17) is 4.84 Å². The fraction of sp³-hybridized carbons (Fsp3) is 1.00. The summed E-state index contributed by atoms with van der Waals surface area (Å²) in [6.07, 6.45) is 1.83. The van der Waals surface area contributed by atoms with Gasteiger partial charge in [-0.1, -0.05) is 11.8 Å². The van der Waals surface area contributed by atoms with Gasteiger partial charge in [0.05, 0.1) is 5.60 Å². The van der Waals surface area contributed by atoms with Gasteiger partial charge in [0, 0.05) is 13.1 Å². The molecule has 0 bridgehead atoms. The summed E-state index contributed by atoms with van der Waals surface area (Å²) in [4.78, 5) is 7.28. The van der Waals surface area contributed by atoms with Gasteiger partial charge in [0.25, 0.3) is 0 Å². The number of rotatable bonds is 3. The molecular weight excluding hydrogens is 228 g/mol. The summed E-state index contributed by atoms with van der Waals surface area (Å²) in [5.41, 5.74) is -0.518. The summed E-state index contributed by atoms with van der Waals surface area (Å²) in [6.45, 7) is 8.69. The van der Waals surface area contributed by atoms with Gasteiger partial charge in [0.15, 0.2) is 0 Å². The molecule has 0 amide bonds. The first-order valence-corrected chi connectivity index (χ1v) is 7.09. The first kappa shape index (κ1) is 13.9. The Bertz CT molecular complexity index is 313. The zero-order chi connectivity index (χ0) is 12.4. The van der Waals surface area contributed by atoms with E-state index in [1.54, 1.807) is 20.8 Å². The van der Waals surface area contributed by atoms with Crippen LogP contribution in [-0.4, -0.2) is 31.4 Å². The second-order valence-corrected chi connectivity index (χ2v) is 7.02. The Labute approximate surface area is 98.3 Å². The van der Waals surface area contributed by atoms with E-state index >= 15 is 0 Å². The Morgan fingerprint density at radius 2 is 1.75 bits per heavy atom. The molecule has 0 radical (unpaired) electrons. The lowest BCUT2D eigenvalue weighted by Gasteiger charge is -2.30. The summed E-state index contributed by atoms with van der Waals surface area (Å²) in [7, 11) is -3.48. The molecule has 0 aromatic heterocycles. The lowest BCUT2D eigenvalue weighted by Crippen LogP contribution is -2.46. The van der Waals surface area contributed by atoms with E-state index in [0.717, 1.165) is 12.8 Å². The Kier molecular flexibility index (Phi) is 4.34. The molecule has 5 nitrogen and oxygen atoms in total. The molecule has 16 heavy (non-hydrogen) atoms. The van der Waals surface area contributed by atoms with Gasteiger partial charge in [-0.15, -0.1) is 0 Å². The van der Waals surface area contributed by atoms with Crippen molar-refractivity contribution in [2.45, 2.75) is 46.1 Å². The lowest BCUT2D eigenvalue weighted by molar-refractivity contribution is -0.0385. The van der Waals surface area contributed by atoms with Crippen LogP contribution in [0, 0.1) is 5.92 Å². The molecule has 1 fully saturated rings. The maximum absolute atomic E-state index is 11.8. The Morgan fingerprint density at radius 3 is 2.19 bits per heavy atom. The Hall–Kier alpha value is -0.170. The smallest absolute Gasteiger partial charge is 0.280 e. The molecule has 1 N–H and O–H groups in total. The molecule has 1 aliphatic heterocycles. The van der Waals surface area contributed by atoms with Crippen LogP contribution in [0.4, 0.5) is 0 Å². The summed E-state index contributed by atoms with van der Waals surface area (Å²) in [6, 6.07) is 0. The van der Waals surface area contributed by atoms with Crippen molar-refractivity contribution in [3.63, 3.8) is 0 Å². The van der Waals surface area contributed by atoms with E-state index in [0.29, 0.717) is 19.0 Å². The molecule has 1 heterocycles. The monoisotopic (exact) mass is 250 g/mol. The third-order valence-electron chi connectivity index (χ3n) is 2.54. The average molecular weight is 250 g/mol. The van der Waals surface area contributed by atoms with Gasteiger partial charge in [0.1, 0.15) is 0 Å². The summed E-state index contributed by atoms with van der Waals surface area (Å²) in [5.74, 6) is 0.606. The molecule has 0 atom stereocenters. The highest BCUT2D eigenvalue weighted by atomic mass is 32.2. The van der Waals surface area contributed by atoms with Crippen molar-refractivity contribution >= 4 is 10.2 Å². The quantitative estimate of drug-likeness (QED) is 0.768. The fourth-order valence-corrected chi connectivity index (χ4v) is 2.61. The highest BCUT2D eigenvalue weighted by Crippen LogP contribution is 2.18. The van der Waals surface area contributed by atoms with Crippen LogP contribution in [-0.2, 0) is 15.0 Å². The number of hydrogen-bond donors (Lipinski definition) is 1. The topological polar surface area (TPSA) is 58.6 Å². The standard InChI is InChI=1S/C10H22N2O3S/c1-9-5-7-12(8-6-9)16(13,14)11-15-10(2,3)4/h9,11H,5-8H2,1-4H3. The molecule has 1 saturated heterocycles. The minimum Gasteiger partial charge on any atom is -0.280 e. The largest absolute Gasteiger partial charge is 0.301 e. The molecular formula is C10H22N2O3S. The highest BCUT2D eigenvalue weighted by molar-refractivity contribution is 7.87. The first-order valence-electron chi connectivity index (χ1n) is 5.65. The maximum Gasteiger partial charge on any atom is 0.301 e. The van der Waals surface area contributed by atoms with Crippen LogP contribution in [0.15, 0.2) is 0 Å². The van der Waals surface area contributed by atoms with E-state index in [1.165, 1.54) is 4.31 Å². The normalized spacial score (nSPS) is 21.2. The van der Waals surface area contributed by atoms with Crippen molar-refractivity contribution in [2.75, 3.05) is 13.1 Å². The van der Waals surface area contributed by atoms with Crippen molar-refractivity contribution in [3.8, 4) is 0 Å². The second kappa shape index (κ2) is 5.00. The molecule has 0 aromatic carbocycles. The van der Waals surface area contributed by atoms with Crippen LogP contribution in [0.5, 0.6) is 0 Å². The zero-order valence-corrected chi connectivity index (χ0v) is 11.3. The molecule has 0 aliphatic carbocycles. The minimum atomic E-state index is -3.48. The fourth-order valence-electron chi connectivity index (χ4n) is 1.46. The van der Waals surface area contributed by atoms with Crippen LogP contribution in [0.2, 0.25) is 0 Å². The Balaban J connectivity index is 2.51. The number of nitrogens with one attached hydrogen (secondary N) is 1. The maximum atomic E-state index is 11.8. The van der Waals surface area contributed by atoms with Crippen molar-refractivity contribution in [3.05, 3.63) is 0 Å². The van der Waals surface area contributed by atoms with Gasteiger partial charge < -0.3 is 0 Å². The van der Waals surface area contributed by atoms with Gasteiger partial charge in [0.2, 0.25) is 0 Å². The summed E-state index contributed by atoms with van der Waals surface area (Å²) < 4.78 is 25.1. The molecule has 0 unspecified atom stereocenters. The number of piperidine rings is 1. The van der Waals surface area contributed by atoms with Crippen LogP contribution in [0.3, 0.4) is 0 Å². The predicted molar refractivity (Wildman–Crippen MR) is 62.9 cm³/mol. The van der Waals surface area contributed by atoms with Gasteiger partial charge in [-0.05, 0) is 39.5 Å². The van der Waals surface area contributed by atoms with Crippen LogP contribution >= 0.6 is 0 Å². The van der Waals surface area contributed by atoms with Gasteiger partial charge in [-0.25, -0.2) is 0 Å². The zero-order valence-electron chi connectivity index (χ0n) is 10.5. The molecule has 6 heteroatoms. The second-order valence-electron chi connectivity index (χ2n) is 5.38. The molecule has 0 aromatic rings. The SMILES string of the molecule is CC1CCN(S(=O)(=O)NOC(C)(C)C)CC1.